The number of aliphatic carboxylic acids is 1. The molecule has 1 atom stereocenters. The summed E-state index contributed by atoms with van der Waals surface area (Å²) in [5.74, 6) is -0.204. The van der Waals surface area contributed by atoms with E-state index in [1.807, 2.05) is 12.1 Å². The minimum Gasteiger partial charge on any atom is -0.481 e. The second-order valence-electron chi connectivity index (χ2n) is 5.78. The van der Waals surface area contributed by atoms with Gasteiger partial charge in [-0.3, -0.25) is 9.59 Å². The highest BCUT2D eigenvalue weighted by Gasteiger charge is 2.11. The second-order valence-corrected chi connectivity index (χ2v) is 5.78. The van der Waals surface area contributed by atoms with Crippen LogP contribution in [0.15, 0.2) is 28.8 Å². The van der Waals surface area contributed by atoms with E-state index >= 15 is 0 Å². The molecule has 0 radical (unpaired) electrons. The molecule has 2 aromatic rings. The summed E-state index contributed by atoms with van der Waals surface area (Å²) in [4.78, 5) is 26.8. The third-order valence-electron chi connectivity index (χ3n) is 3.57. The van der Waals surface area contributed by atoms with Crippen LogP contribution in [0.25, 0.3) is 0 Å². The molecule has 0 saturated heterocycles. The molecule has 7 heteroatoms. The number of carbonyl (C=O) groups is 2. The first-order valence-corrected chi connectivity index (χ1v) is 7.85. The zero-order chi connectivity index (χ0) is 17.5. The standard InChI is InChI=1S/C17H21N3O4/c1-11(17(22)23)10-13-6-8-14(9-7-13)19-15(21)4-3-5-16-18-12(2)20-24-16/h6-9,11H,3-5,10H2,1-2H3,(H,19,21)(H,22,23). The Hall–Kier alpha value is -2.70. The van der Waals surface area contributed by atoms with Gasteiger partial charge in [-0.05, 0) is 37.5 Å². The fourth-order valence-corrected chi connectivity index (χ4v) is 2.23. The molecule has 1 unspecified atom stereocenters. The summed E-state index contributed by atoms with van der Waals surface area (Å²) < 4.78 is 4.99. The molecular weight excluding hydrogens is 310 g/mol. The van der Waals surface area contributed by atoms with Crippen molar-refractivity contribution >= 4 is 17.6 Å². The van der Waals surface area contributed by atoms with Gasteiger partial charge in [0, 0.05) is 18.5 Å². The number of carboxylic acid groups (broad SMARTS) is 1. The quantitative estimate of drug-likeness (QED) is 0.770. The number of rotatable bonds is 8. The van der Waals surface area contributed by atoms with Crippen LogP contribution in [0.3, 0.4) is 0 Å². The molecule has 0 aliphatic carbocycles. The Bertz CT molecular complexity index is 694. The van der Waals surface area contributed by atoms with E-state index in [-0.39, 0.29) is 5.91 Å². The Kier molecular flexibility index (Phi) is 6.06. The number of nitrogens with one attached hydrogen (secondary N) is 1. The molecule has 24 heavy (non-hydrogen) atoms. The van der Waals surface area contributed by atoms with E-state index in [2.05, 4.69) is 15.5 Å². The van der Waals surface area contributed by atoms with Crippen LogP contribution in [0, 0.1) is 12.8 Å². The van der Waals surface area contributed by atoms with Crippen LogP contribution < -0.4 is 5.32 Å². The predicted octanol–water partition coefficient (Wildman–Crippen LogP) is 2.60. The van der Waals surface area contributed by atoms with Crippen molar-refractivity contribution < 1.29 is 19.2 Å². The number of aryl methyl sites for hydroxylation is 2. The number of hydrogen-bond acceptors (Lipinski definition) is 5. The van der Waals surface area contributed by atoms with Crippen LogP contribution in [0.1, 0.15) is 37.0 Å². The highest BCUT2D eigenvalue weighted by atomic mass is 16.5. The molecular formula is C17H21N3O4. The molecule has 0 aliphatic heterocycles. The number of hydrogen-bond donors (Lipinski definition) is 2. The van der Waals surface area contributed by atoms with Gasteiger partial charge in [0.2, 0.25) is 11.8 Å². The van der Waals surface area contributed by atoms with Gasteiger partial charge in [-0.1, -0.05) is 24.2 Å². The number of carbonyl (C=O) groups excluding carboxylic acids is 1. The highest BCUT2D eigenvalue weighted by Crippen LogP contribution is 2.14. The Morgan fingerprint density at radius 2 is 2.00 bits per heavy atom. The van der Waals surface area contributed by atoms with E-state index in [4.69, 9.17) is 9.63 Å². The Labute approximate surface area is 140 Å². The van der Waals surface area contributed by atoms with E-state index in [1.54, 1.807) is 26.0 Å². The largest absolute Gasteiger partial charge is 0.481 e. The molecule has 0 saturated carbocycles. The molecule has 128 valence electrons. The van der Waals surface area contributed by atoms with Crippen molar-refractivity contribution in [3.05, 3.63) is 41.5 Å². The third kappa shape index (κ3) is 5.49. The maximum Gasteiger partial charge on any atom is 0.306 e. The van der Waals surface area contributed by atoms with Gasteiger partial charge in [0.15, 0.2) is 5.82 Å². The monoisotopic (exact) mass is 331 g/mol. The SMILES string of the molecule is Cc1noc(CCCC(=O)Nc2ccc(CC(C)C(=O)O)cc2)n1. The molecule has 2 N–H and O–H groups in total. The highest BCUT2D eigenvalue weighted by molar-refractivity contribution is 5.90. The van der Waals surface area contributed by atoms with Crippen molar-refractivity contribution in [3.8, 4) is 0 Å². The van der Waals surface area contributed by atoms with Crippen molar-refractivity contribution in [2.45, 2.75) is 39.5 Å². The molecule has 0 fully saturated rings. The first-order chi connectivity index (χ1) is 11.4. The first-order valence-electron chi connectivity index (χ1n) is 7.85. The van der Waals surface area contributed by atoms with Crippen molar-refractivity contribution in [1.29, 1.82) is 0 Å². The number of carboxylic acids is 1. The van der Waals surface area contributed by atoms with Crippen LogP contribution in [-0.2, 0) is 22.4 Å². The summed E-state index contributed by atoms with van der Waals surface area (Å²) in [7, 11) is 0. The van der Waals surface area contributed by atoms with Crippen LogP contribution in [-0.4, -0.2) is 27.1 Å². The summed E-state index contributed by atoms with van der Waals surface area (Å²) in [6, 6.07) is 7.22. The number of benzene rings is 1. The van der Waals surface area contributed by atoms with E-state index in [1.165, 1.54) is 0 Å². The van der Waals surface area contributed by atoms with Gasteiger partial charge in [-0.25, -0.2) is 0 Å². The zero-order valence-electron chi connectivity index (χ0n) is 13.8. The maximum absolute atomic E-state index is 11.9. The van der Waals surface area contributed by atoms with E-state index in [0.717, 1.165) is 5.56 Å². The average molecular weight is 331 g/mol. The number of aromatic nitrogens is 2. The van der Waals surface area contributed by atoms with Gasteiger partial charge in [0.1, 0.15) is 0 Å². The van der Waals surface area contributed by atoms with Crippen molar-refractivity contribution in [3.63, 3.8) is 0 Å². The van der Waals surface area contributed by atoms with Gasteiger partial charge in [0.05, 0.1) is 5.92 Å². The Morgan fingerprint density at radius 3 is 2.58 bits per heavy atom. The van der Waals surface area contributed by atoms with Crippen molar-refractivity contribution in [1.82, 2.24) is 10.1 Å². The Balaban J connectivity index is 1.76. The number of amides is 1. The van der Waals surface area contributed by atoms with Crippen LogP contribution in [0.4, 0.5) is 5.69 Å². The summed E-state index contributed by atoms with van der Waals surface area (Å²) in [5.41, 5.74) is 1.62. The van der Waals surface area contributed by atoms with Crippen molar-refractivity contribution in [2.75, 3.05) is 5.32 Å². The minimum atomic E-state index is -0.816. The normalized spacial score (nSPS) is 11.9. The summed E-state index contributed by atoms with van der Waals surface area (Å²) >= 11 is 0. The lowest BCUT2D eigenvalue weighted by atomic mass is 10.0. The molecule has 1 aromatic carbocycles. The lowest BCUT2D eigenvalue weighted by Gasteiger charge is -2.08. The molecule has 0 spiro atoms. The van der Waals surface area contributed by atoms with Gasteiger partial charge < -0.3 is 14.9 Å². The zero-order valence-corrected chi connectivity index (χ0v) is 13.8. The molecule has 1 aromatic heterocycles. The van der Waals surface area contributed by atoms with Gasteiger partial charge in [0.25, 0.3) is 0 Å². The van der Waals surface area contributed by atoms with Gasteiger partial charge in [-0.15, -0.1) is 0 Å². The molecule has 2 rings (SSSR count). The average Bonchev–Trinajstić information content (AvgIpc) is 2.94. The minimum absolute atomic E-state index is 0.0853. The maximum atomic E-state index is 11.9. The van der Waals surface area contributed by atoms with Crippen molar-refractivity contribution in [2.24, 2.45) is 5.92 Å². The molecule has 0 bridgehead atoms. The van der Waals surface area contributed by atoms with Crippen LogP contribution >= 0.6 is 0 Å². The molecule has 1 heterocycles. The first kappa shape index (κ1) is 17.7. The third-order valence-corrected chi connectivity index (χ3v) is 3.57. The Morgan fingerprint density at radius 1 is 1.29 bits per heavy atom. The predicted molar refractivity (Wildman–Crippen MR) is 87.5 cm³/mol. The molecule has 7 nitrogen and oxygen atoms in total. The van der Waals surface area contributed by atoms with Gasteiger partial charge >= 0.3 is 5.97 Å². The summed E-state index contributed by atoms with van der Waals surface area (Å²) in [6.07, 6.45) is 2.02. The van der Waals surface area contributed by atoms with Crippen LogP contribution in [0.5, 0.6) is 0 Å². The van der Waals surface area contributed by atoms with E-state index < -0.39 is 11.9 Å². The lowest BCUT2D eigenvalue weighted by Crippen LogP contribution is -2.13. The number of nitrogens with zero attached hydrogens (tertiary/aromatic N) is 2. The lowest BCUT2D eigenvalue weighted by molar-refractivity contribution is -0.141. The molecule has 0 aliphatic rings. The smallest absolute Gasteiger partial charge is 0.306 e. The van der Waals surface area contributed by atoms with Crippen LogP contribution in [0.2, 0.25) is 0 Å². The van der Waals surface area contributed by atoms with E-state index in [0.29, 0.717) is 43.1 Å². The fourth-order valence-electron chi connectivity index (χ4n) is 2.23. The topological polar surface area (TPSA) is 105 Å². The fraction of sp³-hybridized carbons (Fsp3) is 0.412. The molecule has 1 amide bonds. The van der Waals surface area contributed by atoms with Gasteiger partial charge in [-0.2, -0.15) is 4.98 Å². The summed E-state index contributed by atoms with van der Waals surface area (Å²) in [5, 5.41) is 15.4. The number of anilines is 1. The summed E-state index contributed by atoms with van der Waals surface area (Å²) in [6.45, 7) is 3.42. The van der Waals surface area contributed by atoms with E-state index in [9.17, 15) is 9.59 Å². The second kappa shape index (κ2) is 8.24.